The van der Waals surface area contributed by atoms with Crippen LogP contribution in [-0.4, -0.2) is 42.6 Å². The highest BCUT2D eigenvalue weighted by Crippen LogP contribution is 2.12. The molecule has 0 bridgehead atoms. The molecule has 2 rings (SSSR count). The van der Waals surface area contributed by atoms with Crippen LogP contribution in [0.1, 0.15) is 0 Å². The van der Waals surface area contributed by atoms with E-state index in [1.165, 1.54) is 0 Å². The highest BCUT2D eigenvalue weighted by molar-refractivity contribution is 5.82. The van der Waals surface area contributed by atoms with E-state index in [-0.39, 0.29) is 5.91 Å². The lowest BCUT2D eigenvalue weighted by Crippen LogP contribution is -2.48. The number of aromatic nitrogens is 2. The minimum absolute atomic E-state index is 0.0332. The first-order valence-electron chi connectivity index (χ1n) is 4.82. The standard InChI is InChI=1S/C9H13N5O/c1-10-9-12-3-2-7(13-9)14-5-4-11-8(15)6-14/h2-3H,4-6H2,1H3,(H,11,15)(H,10,12,13). The lowest BCUT2D eigenvalue weighted by Gasteiger charge is -2.27. The maximum atomic E-state index is 11.2. The zero-order valence-corrected chi connectivity index (χ0v) is 8.53. The second-order valence-electron chi connectivity index (χ2n) is 3.26. The Morgan fingerprint density at radius 3 is 3.20 bits per heavy atom. The summed E-state index contributed by atoms with van der Waals surface area (Å²) in [5, 5.41) is 5.64. The molecule has 0 aromatic carbocycles. The van der Waals surface area contributed by atoms with Crippen molar-refractivity contribution >= 4 is 17.7 Å². The summed E-state index contributed by atoms with van der Waals surface area (Å²) >= 11 is 0. The van der Waals surface area contributed by atoms with Crippen molar-refractivity contribution in [2.45, 2.75) is 0 Å². The Morgan fingerprint density at radius 1 is 1.60 bits per heavy atom. The molecular weight excluding hydrogens is 194 g/mol. The predicted molar refractivity (Wildman–Crippen MR) is 56.8 cm³/mol. The molecule has 1 fully saturated rings. The fraction of sp³-hybridized carbons (Fsp3) is 0.444. The van der Waals surface area contributed by atoms with Crippen molar-refractivity contribution in [3.05, 3.63) is 12.3 Å². The molecule has 80 valence electrons. The minimum atomic E-state index is 0.0332. The molecular formula is C9H13N5O. The Kier molecular flexibility index (Phi) is 2.66. The van der Waals surface area contributed by atoms with Crippen LogP contribution in [0.15, 0.2) is 12.3 Å². The van der Waals surface area contributed by atoms with E-state index in [9.17, 15) is 4.79 Å². The molecule has 0 radical (unpaired) electrons. The van der Waals surface area contributed by atoms with Crippen molar-refractivity contribution in [2.24, 2.45) is 0 Å². The van der Waals surface area contributed by atoms with Crippen LogP contribution < -0.4 is 15.5 Å². The number of anilines is 2. The minimum Gasteiger partial charge on any atom is -0.357 e. The normalized spacial score (nSPS) is 16.1. The van der Waals surface area contributed by atoms with Crippen LogP contribution in [0.5, 0.6) is 0 Å². The van der Waals surface area contributed by atoms with Gasteiger partial charge < -0.3 is 15.5 Å². The fourth-order valence-electron chi connectivity index (χ4n) is 1.48. The number of hydrogen-bond acceptors (Lipinski definition) is 5. The van der Waals surface area contributed by atoms with Gasteiger partial charge in [-0.1, -0.05) is 0 Å². The molecule has 0 spiro atoms. The van der Waals surface area contributed by atoms with Gasteiger partial charge in [0, 0.05) is 26.3 Å². The molecule has 1 amide bonds. The van der Waals surface area contributed by atoms with E-state index in [1.54, 1.807) is 19.3 Å². The molecule has 1 aromatic heterocycles. The van der Waals surface area contributed by atoms with E-state index in [4.69, 9.17) is 0 Å². The van der Waals surface area contributed by atoms with Crippen LogP contribution in [0.2, 0.25) is 0 Å². The number of rotatable bonds is 2. The van der Waals surface area contributed by atoms with Crippen LogP contribution in [0, 0.1) is 0 Å². The average molecular weight is 207 g/mol. The summed E-state index contributed by atoms with van der Waals surface area (Å²) in [4.78, 5) is 21.4. The summed E-state index contributed by atoms with van der Waals surface area (Å²) in [7, 11) is 1.77. The van der Waals surface area contributed by atoms with Gasteiger partial charge in [-0.05, 0) is 6.07 Å². The van der Waals surface area contributed by atoms with Crippen molar-refractivity contribution in [2.75, 3.05) is 36.9 Å². The SMILES string of the molecule is CNc1nccc(N2CCNC(=O)C2)n1. The second kappa shape index (κ2) is 4.12. The van der Waals surface area contributed by atoms with Crippen LogP contribution in [0.4, 0.5) is 11.8 Å². The molecule has 6 nitrogen and oxygen atoms in total. The zero-order chi connectivity index (χ0) is 10.7. The Morgan fingerprint density at radius 2 is 2.47 bits per heavy atom. The van der Waals surface area contributed by atoms with Crippen LogP contribution in [-0.2, 0) is 4.79 Å². The number of nitrogens with zero attached hydrogens (tertiary/aromatic N) is 3. The summed E-state index contributed by atoms with van der Waals surface area (Å²) < 4.78 is 0. The topological polar surface area (TPSA) is 70.2 Å². The first-order valence-corrected chi connectivity index (χ1v) is 4.82. The fourth-order valence-corrected chi connectivity index (χ4v) is 1.48. The number of amides is 1. The highest BCUT2D eigenvalue weighted by atomic mass is 16.2. The van der Waals surface area contributed by atoms with Crippen LogP contribution in [0.3, 0.4) is 0 Å². The van der Waals surface area contributed by atoms with Crippen molar-refractivity contribution in [1.29, 1.82) is 0 Å². The third kappa shape index (κ3) is 2.15. The molecule has 6 heteroatoms. The molecule has 2 N–H and O–H groups in total. The molecule has 2 heterocycles. The van der Waals surface area contributed by atoms with E-state index in [1.807, 2.05) is 4.90 Å². The molecule has 0 unspecified atom stereocenters. The van der Waals surface area contributed by atoms with Gasteiger partial charge >= 0.3 is 0 Å². The van der Waals surface area contributed by atoms with Crippen LogP contribution >= 0.6 is 0 Å². The van der Waals surface area contributed by atoms with Gasteiger partial charge in [0.25, 0.3) is 0 Å². The average Bonchev–Trinajstić information content (AvgIpc) is 2.29. The first-order chi connectivity index (χ1) is 7.29. The number of carbonyl (C=O) groups excluding carboxylic acids is 1. The van der Waals surface area contributed by atoms with E-state index in [2.05, 4.69) is 20.6 Å². The van der Waals surface area contributed by atoms with Crippen molar-refractivity contribution < 1.29 is 4.79 Å². The first kappa shape index (κ1) is 9.70. The Labute approximate surface area is 87.7 Å². The highest BCUT2D eigenvalue weighted by Gasteiger charge is 2.17. The second-order valence-corrected chi connectivity index (χ2v) is 3.26. The molecule has 0 aliphatic carbocycles. The molecule has 0 saturated carbocycles. The van der Waals surface area contributed by atoms with Gasteiger partial charge in [-0.25, -0.2) is 4.98 Å². The molecule has 1 aromatic rings. The van der Waals surface area contributed by atoms with Gasteiger partial charge in [0.05, 0.1) is 6.54 Å². The molecule has 1 aliphatic rings. The predicted octanol–water partition coefficient (Wildman–Crippen LogP) is -0.545. The number of nitrogens with one attached hydrogen (secondary N) is 2. The lowest BCUT2D eigenvalue weighted by molar-refractivity contribution is -0.120. The number of piperazine rings is 1. The van der Waals surface area contributed by atoms with Gasteiger partial charge in [0.2, 0.25) is 11.9 Å². The molecule has 0 atom stereocenters. The van der Waals surface area contributed by atoms with Gasteiger partial charge in [-0.2, -0.15) is 4.98 Å². The number of hydrogen-bond donors (Lipinski definition) is 2. The maximum absolute atomic E-state index is 11.2. The van der Waals surface area contributed by atoms with E-state index in [0.29, 0.717) is 19.0 Å². The summed E-state index contributed by atoms with van der Waals surface area (Å²) in [6, 6.07) is 1.80. The monoisotopic (exact) mass is 207 g/mol. The Bertz CT molecular complexity index is 367. The third-order valence-corrected chi connectivity index (χ3v) is 2.23. The van der Waals surface area contributed by atoms with E-state index >= 15 is 0 Å². The van der Waals surface area contributed by atoms with Crippen molar-refractivity contribution in [3.8, 4) is 0 Å². The smallest absolute Gasteiger partial charge is 0.239 e. The van der Waals surface area contributed by atoms with Gasteiger partial charge in [0.15, 0.2) is 0 Å². The maximum Gasteiger partial charge on any atom is 0.239 e. The Hall–Kier alpha value is -1.85. The molecule has 1 aliphatic heterocycles. The number of carbonyl (C=O) groups is 1. The quantitative estimate of drug-likeness (QED) is 0.681. The van der Waals surface area contributed by atoms with Gasteiger partial charge in [-0.3, -0.25) is 4.79 Å². The Balaban J connectivity index is 2.17. The van der Waals surface area contributed by atoms with Gasteiger partial charge in [0.1, 0.15) is 5.82 Å². The summed E-state index contributed by atoms with van der Waals surface area (Å²) in [5.74, 6) is 1.38. The van der Waals surface area contributed by atoms with E-state index < -0.39 is 0 Å². The lowest BCUT2D eigenvalue weighted by atomic mass is 10.3. The molecule has 1 saturated heterocycles. The van der Waals surface area contributed by atoms with Gasteiger partial charge in [-0.15, -0.1) is 0 Å². The summed E-state index contributed by atoms with van der Waals surface area (Å²) in [6.45, 7) is 1.81. The summed E-state index contributed by atoms with van der Waals surface area (Å²) in [6.07, 6.45) is 1.68. The summed E-state index contributed by atoms with van der Waals surface area (Å²) in [5.41, 5.74) is 0. The van der Waals surface area contributed by atoms with Crippen molar-refractivity contribution in [1.82, 2.24) is 15.3 Å². The molecule has 15 heavy (non-hydrogen) atoms. The largest absolute Gasteiger partial charge is 0.357 e. The zero-order valence-electron chi connectivity index (χ0n) is 8.53. The third-order valence-electron chi connectivity index (χ3n) is 2.23. The van der Waals surface area contributed by atoms with Crippen LogP contribution in [0.25, 0.3) is 0 Å². The van der Waals surface area contributed by atoms with Crippen molar-refractivity contribution in [3.63, 3.8) is 0 Å². The van der Waals surface area contributed by atoms with E-state index in [0.717, 1.165) is 12.4 Å².